The van der Waals surface area contributed by atoms with Crippen LogP contribution in [0.25, 0.3) is 58.8 Å². The van der Waals surface area contributed by atoms with Gasteiger partial charge in [-0.3, -0.25) is 0 Å². The van der Waals surface area contributed by atoms with E-state index in [0.717, 1.165) is 28.4 Å². The first-order valence-corrected chi connectivity index (χ1v) is 31.7. The molecule has 2 aliphatic rings. The van der Waals surface area contributed by atoms with E-state index in [1.807, 2.05) is 11.3 Å². The van der Waals surface area contributed by atoms with Gasteiger partial charge >= 0.3 is 0 Å². The summed E-state index contributed by atoms with van der Waals surface area (Å²) in [5, 5.41) is 5.12. The van der Waals surface area contributed by atoms with Crippen molar-refractivity contribution in [3.8, 4) is 16.8 Å². The highest BCUT2D eigenvalue weighted by atomic mass is 32.1. The molecule has 87 heavy (non-hydrogen) atoms. The zero-order valence-corrected chi connectivity index (χ0v) is 53.0. The second-order valence-electron chi connectivity index (χ2n) is 27.7. The Hall–Kier alpha value is -9.10. The van der Waals surface area contributed by atoms with Gasteiger partial charge in [-0.1, -0.05) is 178 Å². The number of thiophene rings is 1. The maximum absolute atomic E-state index is 2.64. The van der Waals surface area contributed by atoms with Gasteiger partial charge in [0, 0.05) is 82.1 Å². The first-order chi connectivity index (χ1) is 41.8. The summed E-state index contributed by atoms with van der Waals surface area (Å²) in [5.41, 5.74) is 27.9. The van der Waals surface area contributed by atoms with Crippen molar-refractivity contribution >= 4 is 128 Å². The Morgan fingerprint density at radius 2 is 0.897 bits per heavy atom. The van der Waals surface area contributed by atoms with Crippen LogP contribution in [0, 0.1) is 20.8 Å². The molecule has 4 nitrogen and oxygen atoms in total. The molecule has 0 spiro atoms. The van der Waals surface area contributed by atoms with E-state index in [9.17, 15) is 0 Å². The van der Waals surface area contributed by atoms with E-state index in [1.54, 1.807) is 0 Å². The van der Waals surface area contributed by atoms with Crippen molar-refractivity contribution < 1.29 is 0 Å². The molecule has 2 aliphatic heterocycles. The number of hydrogen-bond acceptors (Lipinski definition) is 4. The summed E-state index contributed by atoms with van der Waals surface area (Å²) in [6.07, 6.45) is 0. The van der Waals surface area contributed by atoms with Crippen LogP contribution in [0.15, 0.2) is 224 Å². The van der Waals surface area contributed by atoms with Crippen LogP contribution in [-0.4, -0.2) is 11.3 Å². The Morgan fingerprint density at radius 1 is 0.368 bits per heavy atom. The fraction of sp³-hybridized carbons (Fsp3) is 0.185. The Bertz CT molecular complexity index is 4890. The van der Waals surface area contributed by atoms with Gasteiger partial charge in [0.15, 0.2) is 0 Å². The smallest absolute Gasteiger partial charge is 0.252 e. The molecule has 0 radical (unpaired) electrons. The average molecular weight is 1150 g/mol. The molecule has 13 aromatic rings. The largest absolute Gasteiger partial charge is 0.311 e. The molecule has 0 amide bonds. The third kappa shape index (κ3) is 9.00. The van der Waals surface area contributed by atoms with Crippen LogP contribution in [0.3, 0.4) is 0 Å². The van der Waals surface area contributed by atoms with Gasteiger partial charge in [0.1, 0.15) is 0 Å². The van der Waals surface area contributed by atoms with Crippen molar-refractivity contribution in [3.63, 3.8) is 0 Å². The van der Waals surface area contributed by atoms with Crippen LogP contribution < -0.4 is 31.1 Å². The number of aromatic nitrogens is 1. The standard InChI is InChI=1S/C81H73BN4S/c1-50-42-73-77-74(43-50)86(78-51(2)44-54(45-52(78)3)53-26-38-66-65-23-17-19-25-75(65)87-76(66)46-53)71-47-57(81(10,11)12)31-40-67(71)82(77)68-41-37-62(49-72(68)85(73)60-34-29-56(30-35-60)80(7,8)9)83(59-32-27-55(28-33-59)79(4,5)6)61-36-39-64-63-22-16-18-24-69(63)84(70(64)48-61)58-20-14-13-15-21-58/h13-49H,1-12H3. The SMILES string of the molecule is Cc1cc2c3c(c1)N(c1c(C)cc(-c4ccc5c(c4)sc4ccccc45)cc1C)c1cc(C(C)(C)C)ccc1B3c1ccc(N(c3ccc(C(C)(C)C)cc3)c3ccc4c5ccccc5n(-c5ccccc5)c4c3)cc1N2c1ccc(C(C)(C)C)cc1. The minimum absolute atomic E-state index is 0.00570. The molecule has 11 aromatic carbocycles. The molecular formula is C81H73BN4S. The molecule has 0 aliphatic carbocycles. The summed E-state index contributed by atoms with van der Waals surface area (Å²) in [4.78, 5) is 7.72. The van der Waals surface area contributed by atoms with Gasteiger partial charge in [-0.2, -0.15) is 0 Å². The Balaban J connectivity index is 0.957. The first-order valence-electron chi connectivity index (χ1n) is 30.9. The van der Waals surface area contributed by atoms with Gasteiger partial charge < -0.3 is 19.3 Å². The van der Waals surface area contributed by atoms with Gasteiger partial charge in [-0.25, -0.2) is 0 Å². The number of hydrogen-bond donors (Lipinski definition) is 0. The molecule has 0 N–H and O–H groups in total. The number of nitrogens with zero attached hydrogens (tertiary/aromatic N) is 4. The second-order valence-corrected chi connectivity index (χ2v) is 28.8. The van der Waals surface area contributed by atoms with Gasteiger partial charge in [0.25, 0.3) is 6.71 Å². The number of para-hydroxylation sites is 2. The monoisotopic (exact) mass is 1140 g/mol. The van der Waals surface area contributed by atoms with Gasteiger partial charge in [0.05, 0.1) is 16.7 Å². The number of fused-ring (bicyclic) bond motifs is 10. The highest BCUT2D eigenvalue weighted by Crippen LogP contribution is 2.50. The summed E-state index contributed by atoms with van der Waals surface area (Å²) < 4.78 is 5.08. The van der Waals surface area contributed by atoms with E-state index in [1.165, 1.54) is 131 Å². The number of anilines is 9. The zero-order chi connectivity index (χ0) is 60.0. The topological polar surface area (TPSA) is 14.7 Å². The Kier molecular flexibility index (Phi) is 12.5. The maximum Gasteiger partial charge on any atom is 0.252 e. The highest BCUT2D eigenvalue weighted by molar-refractivity contribution is 7.25. The number of benzene rings is 11. The molecule has 0 saturated carbocycles. The molecule has 0 atom stereocenters. The summed E-state index contributed by atoms with van der Waals surface area (Å²) in [6, 6.07) is 85.8. The highest BCUT2D eigenvalue weighted by Gasteiger charge is 2.45. The lowest BCUT2D eigenvalue weighted by atomic mass is 9.33. The lowest BCUT2D eigenvalue weighted by Crippen LogP contribution is -2.61. The third-order valence-electron chi connectivity index (χ3n) is 18.7. The summed E-state index contributed by atoms with van der Waals surface area (Å²) in [7, 11) is 0. The third-order valence-corrected chi connectivity index (χ3v) is 19.8. The molecule has 2 aromatic heterocycles. The molecule has 15 rings (SSSR count). The fourth-order valence-electron chi connectivity index (χ4n) is 14.2. The van der Waals surface area contributed by atoms with Gasteiger partial charge in [0.2, 0.25) is 0 Å². The predicted octanol–water partition coefficient (Wildman–Crippen LogP) is 21.2. The summed E-state index contributed by atoms with van der Waals surface area (Å²) in [6.45, 7) is 27.7. The minimum atomic E-state index is -0.0830. The maximum atomic E-state index is 2.64. The average Bonchev–Trinajstić information content (AvgIpc) is 1.36. The van der Waals surface area contributed by atoms with E-state index in [0.29, 0.717) is 0 Å². The molecular weight excluding hydrogens is 1070 g/mol. The minimum Gasteiger partial charge on any atom is -0.311 e. The van der Waals surface area contributed by atoms with Crippen LogP contribution >= 0.6 is 11.3 Å². The first kappa shape index (κ1) is 54.6. The molecule has 0 fully saturated rings. The molecule has 0 unspecified atom stereocenters. The van der Waals surface area contributed by atoms with Crippen molar-refractivity contribution in [1.82, 2.24) is 4.57 Å². The molecule has 0 saturated heterocycles. The van der Waals surface area contributed by atoms with Crippen molar-refractivity contribution in [2.75, 3.05) is 14.7 Å². The van der Waals surface area contributed by atoms with Crippen LogP contribution in [0.2, 0.25) is 0 Å². The zero-order valence-electron chi connectivity index (χ0n) is 52.1. The summed E-state index contributed by atoms with van der Waals surface area (Å²) in [5.74, 6) is 0. The lowest BCUT2D eigenvalue weighted by Gasteiger charge is -2.45. The van der Waals surface area contributed by atoms with E-state index in [4.69, 9.17) is 0 Å². The number of rotatable bonds is 7. The van der Waals surface area contributed by atoms with Crippen LogP contribution in [0.5, 0.6) is 0 Å². The molecule has 6 heteroatoms. The second kappa shape index (κ2) is 20.0. The molecule has 426 valence electrons. The van der Waals surface area contributed by atoms with E-state index in [-0.39, 0.29) is 23.0 Å². The quantitative estimate of drug-likeness (QED) is 0.148. The van der Waals surface area contributed by atoms with Crippen molar-refractivity contribution in [2.24, 2.45) is 0 Å². The lowest BCUT2D eigenvalue weighted by molar-refractivity contribution is 0.590. The van der Waals surface area contributed by atoms with Gasteiger partial charge in [-0.05, 0) is 207 Å². The molecule has 0 bridgehead atoms. The Morgan fingerprint density at radius 3 is 1.59 bits per heavy atom. The normalized spacial score (nSPS) is 13.2. The Labute approximate surface area is 517 Å². The van der Waals surface area contributed by atoms with E-state index in [2.05, 4.69) is 327 Å². The van der Waals surface area contributed by atoms with Crippen LogP contribution in [0.4, 0.5) is 51.2 Å². The van der Waals surface area contributed by atoms with E-state index < -0.39 is 0 Å². The van der Waals surface area contributed by atoms with E-state index >= 15 is 0 Å². The van der Waals surface area contributed by atoms with Crippen molar-refractivity contribution in [1.29, 1.82) is 0 Å². The van der Waals surface area contributed by atoms with Crippen LogP contribution in [0.1, 0.15) is 95.7 Å². The summed E-state index contributed by atoms with van der Waals surface area (Å²) >= 11 is 1.88. The van der Waals surface area contributed by atoms with Crippen molar-refractivity contribution in [2.45, 2.75) is 99.3 Å². The predicted molar refractivity (Wildman–Crippen MR) is 378 cm³/mol. The van der Waals surface area contributed by atoms with Gasteiger partial charge in [-0.15, -0.1) is 11.3 Å². The fourth-order valence-corrected chi connectivity index (χ4v) is 15.4. The van der Waals surface area contributed by atoms with Crippen LogP contribution in [-0.2, 0) is 16.2 Å². The molecule has 4 heterocycles. The number of aryl methyl sites for hydroxylation is 3. The van der Waals surface area contributed by atoms with Crippen molar-refractivity contribution in [3.05, 3.63) is 258 Å².